The maximum atomic E-state index is 12.9. The third kappa shape index (κ3) is 4.35. The van der Waals surface area contributed by atoms with Gasteiger partial charge < -0.3 is 24.0 Å². The molecular formula is C23H26N2O5. The highest BCUT2D eigenvalue weighted by atomic mass is 16.6. The van der Waals surface area contributed by atoms with Crippen molar-refractivity contribution >= 4 is 11.8 Å². The maximum absolute atomic E-state index is 12.9. The number of nitrogens with zero attached hydrogens (tertiary/aromatic N) is 2. The minimum atomic E-state index is -0.658. The fraction of sp³-hybridized carbons (Fsp3) is 0.391. The lowest BCUT2D eigenvalue weighted by Gasteiger charge is -2.37. The standard InChI is InChI=1S/C23H26N2O5/c1-2-14-28-18-7-5-6-17(15-18)22(26)24-10-12-25(13-11-24)23(27)21-16-29-19-8-3-4-9-20(19)30-21/h3-9,15,21H,2,10-14,16H2,1H3/t21-/m0/s1. The van der Waals surface area contributed by atoms with Gasteiger partial charge in [0.2, 0.25) is 6.10 Å². The monoisotopic (exact) mass is 410 g/mol. The number of benzene rings is 2. The van der Waals surface area contributed by atoms with Gasteiger partial charge in [0.25, 0.3) is 11.8 Å². The van der Waals surface area contributed by atoms with Gasteiger partial charge in [-0.2, -0.15) is 0 Å². The van der Waals surface area contributed by atoms with E-state index in [0.29, 0.717) is 55.6 Å². The number of amides is 2. The number of para-hydroxylation sites is 2. The average molecular weight is 410 g/mol. The summed E-state index contributed by atoms with van der Waals surface area (Å²) in [5, 5.41) is 0. The van der Waals surface area contributed by atoms with E-state index in [4.69, 9.17) is 14.2 Å². The lowest BCUT2D eigenvalue weighted by Crippen LogP contribution is -2.55. The van der Waals surface area contributed by atoms with Crippen LogP contribution in [0.3, 0.4) is 0 Å². The smallest absolute Gasteiger partial charge is 0.267 e. The molecule has 2 aliphatic rings. The number of fused-ring (bicyclic) bond motifs is 1. The van der Waals surface area contributed by atoms with Gasteiger partial charge in [0.1, 0.15) is 12.4 Å². The molecule has 0 saturated carbocycles. The zero-order chi connectivity index (χ0) is 20.9. The van der Waals surface area contributed by atoms with E-state index in [1.165, 1.54) is 0 Å². The molecule has 7 heteroatoms. The largest absolute Gasteiger partial charge is 0.494 e. The predicted molar refractivity (Wildman–Crippen MR) is 111 cm³/mol. The summed E-state index contributed by atoms with van der Waals surface area (Å²) in [6, 6.07) is 14.6. The van der Waals surface area contributed by atoms with Crippen LogP contribution in [0.25, 0.3) is 0 Å². The van der Waals surface area contributed by atoms with Crippen LogP contribution in [0, 0.1) is 0 Å². The fourth-order valence-electron chi connectivity index (χ4n) is 3.60. The first kappa shape index (κ1) is 20.1. The molecule has 0 aromatic heterocycles. The van der Waals surface area contributed by atoms with Crippen LogP contribution in [0.15, 0.2) is 48.5 Å². The van der Waals surface area contributed by atoms with E-state index in [9.17, 15) is 9.59 Å². The normalized spacial score (nSPS) is 18.1. The molecule has 30 heavy (non-hydrogen) atoms. The lowest BCUT2D eigenvalue weighted by atomic mass is 10.1. The van der Waals surface area contributed by atoms with E-state index in [-0.39, 0.29) is 18.4 Å². The number of hydrogen-bond donors (Lipinski definition) is 0. The fourth-order valence-corrected chi connectivity index (χ4v) is 3.60. The van der Waals surface area contributed by atoms with Crippen LogP contribution in [-0.2, 0) is 4.79 Å². The molecule has 0 N–H and O–H groups in total. The molecule has 1 atom stereocenters. The molecule has 2 aliphatic heterocycles. The van der Waals surface area contributed by atoms with Crippen molar-refractivity contribution < 1.29 is 23.8 Å². The van der Waals surface area contributed by atoms with Crippen molar-refractivity contribution in [3.8, 4) is 17.2 Å². The van der Waals surface area contributed by atoms with Crippen molar-refractivity contribution in [2.45, 2.75) is 19.4 Å². The quantitative estimate of drug-likeness (QED) is 0.758. The van der Waals surface area contributed by atoms with Crippen molar-refractivity contribution in [3.63, 3.8) is 0 Å². The summed E-state index contributed by atoms with van der Waals surface area (Å²) in [5.74, 6) is 1.79. The highest BCUT2D eigenvalue weighted by molar-refractivity contribution is 5.94. The van der Waals surface area contributed by atoms with Crippen molar-refractivity contribution in [3.05, 3.63) is 54.1 Å². The van der Waals surface area contributed by atoms with Crippen LogP contribution in [0.2, 0.25) is 0 Å². The molecule has 7 nitrogen and oxygen atoms in total. The van der Waals surface area contributed by atoms with Crippen LogP contribution >= 0.6 is 0 Å². The first-order valence-electron chi connectivity index (χ1n) is 10.3. The average Bonchev–Trinajstić information content (AvgIpc) is 2.81. The van der Waals surface area contributed by atoms with Crippen molar-refractivity contribution in [1.82, 2.24) is 9.80 Å². The number of ether oxygens (including phenoxy) is 3. The lowest BCUT2D eigenvalue weighted by molar-refractivity contribution is -0.142. The minimum Gasteiger partial charge on any atom is -0.494 e. The molecule has 1 fully saturated rings. The second-order valence-corrected chi connectivity index (χ2v) is 7.36. The molecule has 0 unspecified atom stereocenters. The molecule has 2 aromatic carbocycles. The van der Waals surface area contributed by atoms with Crippen LogP contribution in [-0.4, -0.2) is 67.1 Å². The van der Waals surface area contributed by atoms with Gasteiger partial charge in [-0.25, -0.2) is 0 Å². The van der Waals surface area contributed by atoms with Gasteiger partial charge >= 0.3 is 0 Å². The first-order valence-corrected chi connectivity index (χ1v) is 10.3. The van der Waals surface area contributed by atoms with E-state index in [2.05, 4.69) is 0 Å². The Bertz CT molecular complexity index is 908. The van der Waals surface area contributed by atoms with E-state index in [0.717, 1.165) is 6.42 Å². The second kappa shape index (κ2) is 9.07. The zero-order valence-corrected chi connectivity index (χ0v) is 17.1. The summed E-state index contributed by atoms with van der Waals surface area (Å²) in [7, 11) is 0. The van der Waals surface area contributed by atoms with E-state index in [1.807, 2.05) is 37.3 Å². The van der Waals surface area contributed by atoms with Crippen LogP contribution in [0.4, 0.5) is 0 Å². The van der Waals surface area contributed by atoms with Gasteiger partial charge in [-0.1, -0.05) is 25.1 Å². The third-order valence-corrected chi connectivity index (χ3v) is 5.22. The Morgan fingerprint density at radius 3 is 2.50 bits per heavy atom. The van der Waals surface area contributed by atoms with Crippen LogP contribution in [0.5, 0.6) is 17.2 Å². The minimum absolute atomic E-state index is 0.0461. The topological polar surface area (TPSA) is 68.3 Å². The van der Waals surface area contributed by atoms with E-state index >= 15 is 0 Å². The molecule has 2 heterocycles. The van der Waals surface area contributed by atoms with Crippen molar-refractivity contribution in [1.29, 1.82) is 0 Å². The second-order valence-electron chi connectivity index (χ2n) is 7.36. The highest BCUT2D eigenvalue weighted by Crippen LogP contribution is 2.31. The molecule has 1 saturated heterocycles. The predicted octanol–water partition coefficient (Wildman–Crippen LogP) is 2.60. The van der Waals surface area contributed by atoms with E-state index < -0.39 is 6.10 Å². The highest BCUT2D eigenvalue weighted by Gasteiger charge is 2.33. The summed E-state index contributed by atoms with van der Waals surface area (Å²) in [6.45, 7) is 4.76. The Balaban J connectivity index is 1.33. The summed E-state index contributed by atoms with van der Waals surface area (Å²) in [5.41, 5.74) is 0.601. The number of carbonyl (C=O) groups excluding carboxylic acids is 2. The number of piperazine rings is 1. The number of hydrogen-bond acceptors (Lipinski definition) is 5. The molecule has 0 radical (unpaired) electrons. The van der Waals surface area contributed by atoms with Gasteiger partial charge in [0.05, 0.1) is 6.61 Å². The maximum Gasteiger partial charge on any atom is 0.267 e. The molecule has 2 amide bonds. The summed E-state index contributed by atoms with van der Waals surface area (Å²) < 4.78 is 17.1. The Kier molecular flexibility index (Phi) is 6.07. The van der Waals surface area contributed by atoms with Crippen LogP contribution in [0.1, 0.15) is 23.7 Å². The number of rotatable bonds is 5. The van der Waals surface area contributed by atoms with Gasteiger partial charge in [-0.05, 0) is 36.8 Å². The van der Waals surface area contributed by atoms with Gasteiger partial charge in [-0.3, -0.25) is 9.59 Å². The summed E-state index contributed by atoms with van der Waals surface area (Å²) >= 11 is 0. The molecule has 158 valence electrons. The Morgan fingerprint density at radius 1 is 1.00 bits per heavy atom. The van der Waals surface area contributed by atoms with Crippen molar-refractivity contribution in [2.24, 2.45) is 0 Å². The Labute approximate surface area is 176 Å². The van der Waals surface area contributed by atoms with Gasteiger partial charge in [-0.15, -0.1) is 0 Å². The van der Waals surface area contributed by atoms with Gasteiger partial charge in [0.15, 0.2) is 11.5 Å². The molecule has 0 spiro atoms. The molecule has 2 aromatic rings. The molecule has 4 rings (SSSR count). The van der Waals surface area contributed by atoms with Crippen molar-refractivity contribution in [2.75, 3.05) is 39.4 Å². The zero-order valence-electron chi connectivity index (χ0n) is 17.1. The van der Waals surface area contributed by atoms with Crippen LogP contribution < -0.4 is 14.2 Å². The molecule has 0 bridgehead atoms. The SMILES string of the molecule is CCCOc1cccc(C(=O)N2CCN(C(=O)[C@@H]3COc4ccccc4O3)CC2)c1. The Morgan fingerprint density at radius 2 is 1.73 bits per heavy atom. The van der Waals surface area contributed by atoms with Gasteiger partial charge in [0, 0.05) is 31.7 Å². The molecular weight excluding hydrogens is 384 g/mol. The third-order valence-electron chi connectivity index (χ3n) is 5.22. The number of carbonyl (C=O) groups is 2. The molecule has 0 aliphatic carbocycles. The Hall–Kier alpha value is -3.22. The summed E-state index contributed by atoms with van der Waals surface area (Å²) in [6.07, 6.45) is 0.254. The summed E-state index contributed by atoms with van der Waals surface area (Å²) in [4.78, 5) is 29.2. The van der Waals surface area contributed by atoms with E-state index in [1.54, 1.807) is 28.0 Å². The first-order chi connectivity index (χ1) is 14.7.